The third-order valence-corrected chi connectivity index (χ3v) is 3.80. The van der Waals surface area contributed by atoms with E-state index in [4.69, 9.17) is 4.74 Å². The Balaban J connectivity index is 2.44. The lowest BCUT2D eigenvalue weighted by molar-refractivity contribution is -0.150. The number of hydrogen-bond acceptors (Lipinski definition) is 4. The molecule has 2 aliphatic rings. The fourth-order valence-electron chi connectivity index (χ4n) is 2.86. The van der Waals surface area contributed by atoms with Gasteiger partial charge in [0.15, 0.2) is 11.6 Å². The largest absolute Gasteiger partial charge is 0.469 e. The third-order valence-electron chi connectivity index (χ3n) is 3.80. The van der Waals surface area contributed by atoms with E-state index in [0.29, 0.717) is 12.8 Å². The van der Waals surface area contributed by atoms with Crippen molar-refractivity contribution in [3.05, 3.63) is 23.8 Å². The zero-order valence-electron chi connectivity index (χ0n) is 10.5. The summed E-state index contributed by atoms with van der Waals surface area (Å²) in [6.07, 6.45) is 5.75. The van der Waals surface area contributed by atoms with Gasteiger partial charge < -0.3 is 4.74 Å². The predicted molar refractivity (Wildman–Crippen MR) is 64.6 cm³/mol. The molecule has 2 rings (SSSR count). The highest BCUT2D eigenvalue weighted by Gasteiger charge is 2.46. The second-order valence-corrected chi connectivity index (χ2v) is 4.64. The highest BCUT2D eigenvalue weighted by atomic mass is 16.5. The highest BCUT2D eigenvalue weighted by molar-refractivity contribution is 6.09. The van der Waals surface area contributed by atoms with Gasteiger partial charge in [0, 0.05) is 11.8 Å². The minimum absolute atomic E-state index is 0.0695. The molecule has 4 nitrogen and oxygen atoms in total. The molecule has 0 aliphatic heterocycles. The Labute approximate surface area is 106 Å². The summed E-state index contributed by atoms with van der Waals surface area (Å²) in [5, 5.41) is 0. The molecule has 0 aromatic heterocycles. The molecule has 0 radical (unpaired) electrons. The smallest absolute Gasteiger partial charge is 0.313 e. The number of hydrogen-bond donors (Lipinski definition) is 0. The summed E-state index contributed by atoms with van der Waals surface area (Å²) in [5.74, 6) is -2.21. The van der Waals surface area contributed by atoms with E-state index in [1.807, 2.05) is 13.0 Å². The number of allylic oxidation sites excluding steroid dienone is 3. The SMILES string of the molecule is CCC1=CCC2C(=O)C=CC(=O)C2C1C(=O)OC. The summed E-state index contributed by atoms with van der Waals surface area (Å²) >= 11 is 0. The fraction of sp³-hybridized carbons (Fsp3) is 0.500. The lowest BCUT2D eigenvalue weighted by Gasteiger charge is -2.35. The van der Waals surface area contributed by atoms with E-state index in [1.165, 1.54) is 19.3 Å². The molecule has 96 valence electrons. The van der Waals surface area contributed by atoms with Gasteiger partial charge in [-0.25, -0.2) is 0 Å². The van der Waals surface area contributed by atoms with E-state index in [0.717, 1.165) is 5.57 Å². The number of esters is 1. The van der Waals surface area contributed by atoms with Crippen molar-refractivity contribution in [2.24, 2.45) is 17.8 Å². The van der Waals surface area contributed by atoms with Crippen molar-refractivity contribution >= 4 is 17.5 Å². The van der Waals surface area contributed by atoms with Crippen LogP contribution in [-0.4, -0.2) is 24.6 Å². The van der Waals surface area contributed by atoms with Crippen LogP contribution in [0, 0.1) is 17.8 Å². The van der Waals surface area contributed by atoms with Gasteiger partial charge in [0.1, 0.15) is 0 Å². The van der Waals surface area contributed by atoms with Gasteiger partial charge >= 0.3 is 5.97 Å². The van der Waals surface area contributed by atoms with Gasteiger partial charge in [-0.1, -0.05) is 18.6 Å². The molecule has 18 heavy (non-hydrogen) atoms. The summed E-state index contributed by atoms with van der Waals surface area (Å²) in [6, 6.07) is 0. The first kappa shape index (κ1) is 12.7. The van der Waals surface area contributed by atoms with Crippen LogP contribution in [-0.2, 0) is 19.1 Å². The average molecular weight is 248 g/mol. The van der Waals surface area contributed by atoms with Crippen LogP contribution in [0.15, 0.2) is 23.8 Å². The van der Waals surface area contributed by atoms with Crippen LogP contribution in [0.25, 0.3) is 0 Å². The molecule has 0 aromatic carbocycles. The van der Waals surface area contributed by atoms with Crippen molar-refractivity contribution in [2.45, 2.75) is 19.8 Å². The minimum Gasteiger partial charge on any atom is -0.469 e. The lowest BCUT2D eigenvalue weighted by Crippen LogP contribution is -2.43. The van der Waals surface area contributed by atoms with Gasteiger partial charge in [0.2, 0.25) is 0 Å². The van der Waals surface area contributed by atoms with E-state index in [2.05, 4.69) is 0 Å². The maximum absolute atomic E-state index is 12.0. The van der Waals surface area contributed by atoms with E-state index in [9.17, 15) is 14.4 Å². The van der Waals surface area contributed by atoms with E-state index >= 15 is 0 Å². The zero-order chi connectivity index (χ0) is 13.3. The average Bonchev–Trinajstić information content (AvgIpc) is 2.40. The van der Waals surface area contributed by atoms with E-state index < -0.39 is 23.7 Å². The topological polar surface area (TPSA) is 60.4 Å². The molecule has 0 heterocycles. The van der Waals surface area contributed by atoms with Crippen LogP contribution < -0.4 is 0 Å². The van der Waals surface area contributed by atoms with Crippen LogP contribution in [0.2, 0.25) is 0 Å². The third kappa shape index (κ3) is 1.92. The first-order valence-corrected chi connectivity index (χ1v) is 6.12. The first-order chi connectivity index (χ1) is 8.60. The Morgan fingerprint density at radius 2 is 2.00 bits per heavy atom. The molecule has 4 heteroatoms. The van der Waals surface area contributed by atoms with Crippen molar-refractivity contribution in [3.8, 4) is 0 Å². The zero-order valence-corrected chi connectivity index (χ0v) is 10.5. The number of carbonyl (C=O) groups excluding carboxylic acids is 3. The number of ether oxygens (including phenoxy) is 1. The molecule has 0 N–H and O–H groups in total. The monoisotopic (exact) mass is 248 g/mol. The normalized spacial score (nSPS) is 30.8. The van der Waals surface area contributed by atoms with Gasteiger partial charge in [-0.3, -0.25) is 14.4 Å². The lowest BCUT2D eigenvalue weighted by atomic mass is 9.66. The van der Waals surface area contributed by atoms with Crippen LogP contribution in [0.5, 0.6) is 0 Å². The highest BCUT2D eigenvalue weighted by Crippen LogP contribution is 2.40. The maximum Gasteiger partial charge on any atom is 0.313 e. The molecule has 0 spiro atoms. The quantitative estimate of drug-likeness (QED) is 0.548. The van der Waals surface area contributed by atoms with Crippen molar-refractivity contribution in [1.29, 1.82) is 0 Å². The van der Waals surface area contributed by atoms with E-state index in [1.54, 1.807) is 0 Å². The van der Waals surface area contributed by atoms with Crippen LogP contribution in [0.4, 0.5) is 0 Å². The van der Waals surface area contributed by atoms with Crippen LogP contribution in [0.3, 0.4) is 0 Å². The van der Waals surface area contributed by atoms with Gasteiger partial charge in [-0.05, 0) is 25.0 Å². The molecule has 2 aliphatic carbocycles. The molecular formula is C14H16O4. The van der Waals surface area contributed by atoms with Gasteiger partial charge in [-0.15, -0.1) is 0 Å². The Morgan fingerprint density at radius 1 is 1.33 bits per heavy atom. The molecule has 0 bridgehead atoms. The number of rotatable bonds is 2. The predicted octanol–water partition coefficient (Wildman–Crippen LogP) is 1.46. The molecule has 3 unspecified atom stereocenters. The Hall–Kier alpha value is -1.71. The van der Waals surface area contributed by atoms with Crippen molar-refractivity contribution in [2.75, 3.05) is 7.11 Å². The Kier molecular flexibility index (Phi) is 3.45. The summed E-state index contributed by atoms with van der Waals surface area (Å²) in [7, 11) is 1.31. The summed E-state index contributed by atoms with van der Waals surface area (Å²) in [6.45, 7) is 1.94. The van der Waals surface area contributed by atoms with Gasteiger partial charge in [0.05, 0.1) is 13.0 Å². The summed E-state index contributed by atoms with van der Waals surface area (Å²) in [4.78, 5) is 35.7. The van der Waals surface area contributed by atoms with Gasteiger partial charge in [-0.2, -0.15) is 0 Å². The van der Waals surface area contributed by atoms with Crippen LogP contribution in [0.1, 0.15) is 19.8 Å². The molecule has 0 aromatic rings. The maximum atomic E-state index is 12.0. The fourth-order valence-corrected chi connectivity index (χ4v) is 2.86. The van der Waals surface area contributed by atoms with Crippen molar-refractivity contribution in [1.82, 2.24) is 0 Å². The van der Waals surface area contributed by atoms with Crippen molar-refractivity contribution in [3.63, 3.8) is 0 Å². The number of methoxy groups -OCH3 is 1. The summed E-state index contributed by atoms with van der Waals surface area (Å²) < 4.78 is 4.79. The number of ketones is 2. The molecule has 3 atom stereocenters. The molecular weight excluding hydrogens is 232 g/mol. The first-order valence-electron chi connectivity index (χ1n) is 6.12. The Bertz CT molecular complexity index is 458. The number of fused-ring (bicyclic) bond motifs is 1. The second-order valence-electron chi connectivity index (χ2n) is 4.64. The van der Waals surface area contributed by atoms with Crippen molar-refractivity contribution < 1.29 is 19.1 Å². The summed E-state index contributed by atoms with van der Waals surface area (Å²) in [5.41, 5.74) is 0.902. The van der Waals surface area contributed by atoms with Gasteiger partial charge in [0.25, 0.3) is 0 Å². The second kappa shape index (κ2) is 4.88. The molecule has 0 saturated heterocycles. The number of carbonyl (C=O) groups is 3. The molecule has 0 fully saturated rings. The molecule has 0 amide bonds. The Morgan fingerprint density at radius 3 is 2.61 bits per heavy atom. The van der Waals surface area contributed by atoms with Crippen LogP contribution >= 0.6 is 0 Å². The molecule has 0 saturated carbocycles. The standard InChI is InChI=1S/C14H16O4/c1-3-8-4-5-9-10(15)6-7-11(16)13(9)12(8)14(17)18-2/h4,6-7,9,12-13H,3,5H2,1-2H3. The van der Waals surface area contributed by atoms with E-state index in [-0.39, 0.29) is 11.6 Å². The minimum atomic E-state index is -0.597.